The molecule has 0 spiro atoms. The number of halogens is 1. The van der Waals surface area contributed by atoms with Crippen molar-refractivity contribution < 1.29 is 4.79 Å². The predicted molar refractivity (Wildman–Crippen MR) is 97.8 cm³/mol. The molecule has 0 saturated heterocycles. The number of urea groups is 1. The first-order valence-electron chi connectivity index (χ1n) is 6.88. The Hall–Kier alpha value is -2.16. The van der Waals surface area contributed by atoms with Crippen molar-refractivity contribution in [2.75, 3.05) is 10.6 Å². The summed E-state index contributed by atoms with van der Waals surface area (Å²) in [6.07, 6.45) is 3.55. The van der Waals surface area contributed by atoms with Crippen LogP contribution >= 0.6 is 34.7 Å². The van der Waals surface area contributed by atoms with Crippen LogP contribution < -0.4 is 10.6 Å². The summed E-state index contributed by atoms with van der Waals surface area (Å²) in [7, 11) is 0. The van der Waals surface area contributed by atoms with E-state index in [4.69, 9.17) is 11.6 Å². The van der Waals surface area contributed by atoms with Crippen molar-refractivity contribution in [1.82, 2.24) is 15.2 Å². The Balaban J connectivity index is 1.51. The van der Waals surface area contributed by atoms with Gasteiger partial charge < -0.3 is 5.32 Å². The second kappa shape index (κ2) is 8.09. The lowest BCUT2D eigenvalue weighted by molar-refractivity contribution is 0.262. The molecule has 1 aromatic carbocycles. The Labute approximate surface area is 151 Å². The fourth-order valence-corrected chi connectivity index (χ4v) is 3.55. The van der Waals surface area contributed by atoms with E-state index in [1.54, 1.807) is 42.2 Å². The topological polar surface area (TPSA) is 79.8 Å². The van der Waals surface area contributed by atoms with Gasteiger partial charge in [0.2, 0.25) is 5.13 Å². The quantitative estimate of drug-likeness (QED) is 0.504. The van der Waals surface area contributed by atoms with Gasteiger partial charge in [0.15, 0.2) is 4.34 Å². The van der Waals surface area contributed by atoms with Gasteiger partial charge in [-0.25, -0.2) is 4.79 Å². The average Bonchev–Trinajstić information content (AvgIpc) is 3.03. The van der Waals surface area contributed by atoms with E-state index in [2.05, 4.69) is 25.8 Å². The lowest BCUT2D eigenvalue weighted by Gasteiger charge is -2.04. The van der Waals surface area contributed by atoms with Crippen LogP contribution in [0.5, 0.6) is 0 Å². The molecule has 0 bridgehead atoms. The van der Waals surface area contributed by atoms with Gasteiger partial charge in [-0.1, -0.05) is 40.8 Å². The Morgan fingerprint density at radius 2 is 2.00 bits per heavy atom. The maximum absolute atomic E-state index is 11.9. The van der Waals surface area contributed by atoms with Crippen LogP contribution in [0, 0.1) is 0 Å². The van der Waals surface area contributed by atoms with E-state index < -0.39 is 0 Å². The molecule has 2 heterocycles. The zero-order chi connectivity index (χ0) is 16.8. The van der Waals surface area contributed by atoms with Crippen molar-refractivity contribution in [3.8, 4) is 0 Å². The minimum Gasteiger partial charge on any atom is -0.308 e. The summed E-state index contributed by atoms with van der Waals surface area (Å²) < 4.78 is 0.778. The summed E-state index contributed by atoms with van der Waals surface area (Å²) in [5, 5.41) is 14.4. The third kappa shape index (κ3) is 4.92. The fraction of sp³-hybridized carbons (Fsp3) is 0.0667. The number of nitrogens with one attached hydrogen (secondary N) is 2. The number of rotatable bonds is 5. The highest BCUT2D eigenvalue weighted by Crippen LogP contribution is 2.28. The summed E-state index contributed by atoms with van der Waals surface area (Å²) in [4.78, 5) is 16.0. The summed E-state index contributed by atoms with van der Waals surface area (Å²) >= 11 is 8.67. The molecule has 0 radical (unpaired) electrons. The molecule has 0 unspecified atom stereocenters. The van der Waals surface area contributed by atoms with Crippen LogP contribution in [-0.4, -0.2) is 21.2 Å². The predicted octanol–water partition coefficient (Wildman–Crippen LogP) is 4.52. The highest BCUT2D eigenvalue weighted by atomic mass is 35.5. The molecule has 2 aromatic heterocycles. The summed E-state index contributed by atoms with van der Waals surface area (Å²) in [5.74, 6) is 0.749. The minimum atomic E-state index is -0.378. The molecule has 0 aliphatic rings. The van der Waals surface area contributed by atoms with E-state index in [9.17, 15) is 4.79 Å². The lowest BCUT2D eigenvalue weighted by Crippen LogP contribution is -2.19. The van der Waals surface area contributed by atoms with Gasteiger partial charge in [0, 0.05) is 28.9 Å². The van der Waals surface area contributed by atoms with E-state index >= 15 is 0 Å². The van der Waals surface area contributed by atoms with E-state index in [0.717, 1.165) is 15.7 Å². The number of thioether (sulfide) groups is 1. The first-order chi connectivity index (χ1) is 11.7. The molecule has 0 saturated carbocycles. The Morgan fingerprint density at radius 1 is 1.17 bits per heavy atom. The average molecular weight is 378 g/mol. The van der Waals surface area contributed by atoms with E-state index in [-0.39, 0.29) is 6.03 Å². The maximum Gasteiger partial charge on any atom is 0.325 e. The van der Waals surface area contributed by atoms with Crippen molar-refractivity contribution in [3.05, 3.63) is 59.4 Å². The number of benzene rings is 1. The zero-order valence-electron chi connectivity index (χ0n) is 12.3. The molecule has 122 valence electrons. The molecule has 2 N–H and O–H groups in total. The molecule has 0 atom stereocenters. The first-order valence-corrected chi connectivity index (χ1v) is 9.06. The Kier molecular flexibility index (Phi) is 5.63. The normalized spacial score (nSPS) is 10.4. The van der Waals surface area contributed by atoms with Gasteiger partial charge in [0.1, 0.15) is 0 Å². The number of anilines is 2. The van der Waals surface area contributed by atoms with E-state index in [0.29, 0.717) is 15.8 Å². The molecule has 3 aromatic rings. The summed E-state index contributed by atoms with van der Waals surface area (Å²) in [6.45, 7) is 0. The third-order valence-electron chi connectivity index (χ3n) is 2.81. The monoisotopic (exact) mass is 377 g/mol. The number of aromatic nitrogens is 3. The summed E-state index contributed by atoms with van der Waals surface area (Å²) in [6, 6.07) is 10.4. The second-order valence-electron chi connectivity index (χ2n) is 4.61. The lowest BCUT2D eigenvalue weighted by atomic mass is 10.3. The molecular weight excluding hydrogens is 366 g/mol. The van der Waals surface area contributed by atoms with Gasteiger partial charge in [0.05, 0.1) is 0 Å². The molecule has 0 aliphatic carbocycles. The van der Waals surface area contributed by atoms with Crippen LogP contribution in [0.15, 0.2) is 53.1 Å². The molecule has 3 rings (SSSR count). The molecule has 2 amide bonds. The maximum atomic E-state index is 11.9. The first kappa shape index (κ1) is 16.7. The second-order valence-corrected chi connectivity index (χ2v) is 7.25. The number of carbonyl (C=O) groups is 1. The van der Waals surface area contributed by atoms with Gasteiger partial charge in [-0.3, -0.25) is 10.3 Å². The number of hydrogen-bond donors (Lipinski definition) is 2. The standard InChI is InChI=1S/C15H12ClN5OS2/c16-11-3-5-12(6-4-11)18-13(22)19-14-20-21-15(24-14)23-9-10-2-1-7-17-8-10/h1-8H,9H2,(H2,18,19,20,22). The highest BCUT2D eigenvalue weighted by Gasteiger charge is 2.09. The molecule has 6 nitrogen and oxygen atoms in total. The molecule has 0 fully saturated rings. The fourth-order valence-electron chi connectivity index (χ4n) is 1.74. The smallest absolute Gasteiger partial charge is 0.308 e. The van der Waals surface area contributed by atoms with E-state index in [1.165, 1.54) is 11.3 Å². The molecule has 9 heteroatoms. The van der Waals surface area contributed by atoms with Crippen molar-refractivity contribution in [2.45, 2.75) is 10.1 Å². The van der Waals surface area contributed by atoms with Gasteiger partial charge in [-0.15, -0.1) is 10.2 Å². The Morgan fingerprint density at radius 3 is 2.75 bits per heavy atom. The van der Waals surface area contributed by atoms with Crippen LogP contribution in [0.4, 0.5) is 15.6 Å². The third-order valence-corrected chi connectivity index (χ3v) is 5.11. The van der Waals surface area contributed by atoms with E-state index in [1.807, 2.05) is 18.3 Å². The van der Waals surface area contributed by atoms with Gasteiger partial charge in [-0.2, -0.15) is 0 Å². The minimum absolute atomic E-state index is 0.378. The molecule has 0 aliphatic heterocycles. The highest BCUT2D eigenvalue weighted by molar-refractivity contribution is 8.00. The van der Waals surface area contributed by atoms with Gasteiger partial charge >= 0.3 is 6.03 Å². The molecule has 24 heavy (non-hydrogen) atoms. The number of hydrogen-bond acceptors (Lipinski definition) is 6. The van der Waals surface area contributed by atoms with Crippen LogP contribution in [0.25, 0.3) is 0 Å². The van der Waals surface area contributed by atoms with Crippen LogP contribution in [-0.2, 0) is 5.75 Å². The SMILES string of the molecule is O=C(Nc1ccc(Cl)cc1)Nc1nnc(SCc2cccnc2)s1. The van der Waals surface area contributed by atoms with Crippen molar-refractivity contribution >= 4 is 51.5 Å². The molecular formula is C15H12ClN5OS2. The van der Waals surface area contributed by atoms with Crippen LogP contribution in [0.1, 0.15) is 5.56 Å². The number of amides is 2. The largest absolute Gasteiger partial charge is 0.325 e. The van der Waals surface area contributed by atoms with Crippen molar-refractivity contribution in [3.63, 3.8) is 0 Å². The number of pyridine rings is 1. The van der Waals surface area contributed by atoms with Crippen LogP contribution in [0.2, 0.25) is 5.02 Å². The van der Waals surface area contributed by atoms with Gasteiger partial charge in [0.25, 0.3) is 0 Å². The summed E-state index contributed by atoms with van der Waals surface area (Å²) in [5.41, 5.74) is 1.75. The van der Waals surface area contributed by atoms with Crippen molar-refractivity contribution in [2.24, 2.45) is 0 Å². The zero-order valence-corrected chi connectivity index (χ0v) is 14.7. The van der Waals surface area contributed by atoms with Crippen LogP contribution in [0.3, 0.4) is 0 Å². The van der Waals surface area contributed by atoms with Crippen molar-refractivity contribution in [1.29, 1.82) is 0 Å². The number of nitrogens with zero attached hydrogens (tertiary/aromatic N) is 3. The van der Waals surface area contributed by atoms with Gasteiger partial charge in [-0.05, 0) is 35.9 Å². The Bertz CT molecular complexity index is 810. The number of carbonyl (C=O) groups excluding carboxylic acids is 1.